The van der Waals surface area contributed by atoms with E-state index in [0.29, 0.717) is 11.3 Å². The summed E-state index contributed by atoms with van der Waals surface area (Å²) in [6.45, 7) is 0. The summed E-state index contributed by atoms with van der Waals surface area (Å²) in [6.07, 6.45) is 0. The molecule has 0 atom stereocenters. The Bertz CT molecular complexity index is 1040. The maximum atomic E-state index is 12.4. The van der Waals surface area contributed by atoms with Gasteiger partial charge in [-0.1, -0.05) is 42.5 Å². The third kappa shape index (κ3) is 4.93. The molecule has 0 saturated heterocycles. The van der Waals surface area contributed by atoms with E-state index in [1.54, 1.807) is 24.3 Å². The molecule has 0 heterocycles. The summed E-state index contributed by atoms with van der Waals surface area (Å²) in [5.41, 5.74) is 2.91. The van der Waals surface area contributed by atoms with Gasteiger partial charge in [0.25, 0.3) is 5.91 Å². The molecule has 3 rings (SSSR count). The highest BCUT2D eigenvalue weighted by atomic mass is 127. The zero-order valence-electron chi connectivity index (χ0n) is 14.5. The molecule has 7 heteroatoms. The predicted octanol–water partition coefficient (Wildman–Crippen LogP) is 4.78. The fourth-order valence-corrected chi connectivity index (χ4v) is 3.27. The van der Waals surface area contributed by atoms with Crippen molar-refractivity contribution in [3.8, 4) is 11.1 Å². The number of carbonyl (C=O) groups excluding carboxylic acids is 1. The zero-order chi connectivity index (χ0) is 20.1. The van der Waals surface area contributed by atoms with E-state index in [0.717, 1.165) is 14.7 Å². The van der Waals surface area contributed by atoms with Gasteiger partial charge in [0.15, 0.2) is 5.11 Å². The Morgan fingerprint density at radius 1 is 0.893 bits per heavy atom. The number of carbonyl (C=O) groups is 2. The highest BCUT2D eigenvalue weighted by molar-refractivity contribution is 14.1. The molecule has 140 valence electrons. The summed E-state index contributed by atoms with van der Waals surface area (Å²) < 4.78 is 0.786. The average Bonchev–Trinajstić information content (AvgIpc) is 2.70. The Balaban J connectivity index is 1.68. The van der Waals surface area contributed by atoms with Crippen LogP contribution in [-0.2, 0) is 0 Å². The van der Waals surface area contributed by atoms with Crippen molar-refractivity contribution < 1.29 is 14.7 Å². The van der Waals surface area contributed by atoms with Crippen LogP contribution in [0.15, 0.2) is 72.8 Å². The second kappa shape index (κ2) is 8.94. The number of rotatable bonds is 4. The summed E-state index contributed by atoms with van der Waals surface area (Å²) in [7, 11) is 0. The van der Waals surface area contributed by atoms with Gasteiger partial charge >= 0.3 is 5.97 Å². The standard InChI is InChI=1S/C21H15IN2O3S/c22-16-10-11-18(17(12-16)20(26)27)23-21(28)24-19(25)15-8-6-14(7-9-15)13-4-2-1-3-5-13/h1-12H,(H,26,27)(H2,23,24,25,28). The van der Waals surface area contributed by atoms with Crippen LogP contribution in [0.1, 0.15) is 20.7 Å². The third-order valence-electron chi connectivity index (χ3n) is 3.94. The molecule has 0 unspecified atom stereocenters. The fourth-order valence-electron chi connectivity index (χ4n) is 2.58. The molecule has 5 nitrogen and oxygen atoms in total. The number of carboxylic acid groups (broad SMARTS) is 1. The van der Waals surface area contributed by atoms with Gasteiger partial charge in [0.05, 0.1) is 11.3 Å². The molecule has 0 spiro atoms. The predicted molar refractivity (Wildman–Crippen MR) is 122 cm³/mol. The van der Waals surface area contributed by atoms with Crippen LogP contribution in [0.2, 0.25) is 0 Å². The second-order valence-corrected chi connectivity index (χ2v) is 7.50. The van der Waals surface area contributed by atoms with E-state index in [4.69, 9.17) is 12.2 Å². The third-order valence-corrected chi connectivity index (χ3v) is 4.82. The van der Waals surface area contributed by atoms with Crippen molar-refractivity contribution in [1.29, 1.82) is 0 Å². The summed E-state index contributed by atoms with van der Waals surface area (Å²) in [6, 6.07) is 21.9. The van der Waals surface area contributed by atoms with Crippen LogP contribution in [0.5, 0.6) is 0 Å². The Kier molecular flexibility index (Phi) is 6.37. The van der Waals surface area contributed by atoms with Crippen molar-refractivity contribution in [3.05, 3.63) is 87.5 Å². The number of hydrogen-bond donors (Lipinski definition) is 3. The maximum absolute atomic E-state index is 12.4. The Morgan fingerprint density at radius 2 is 1.54 bits per heavy atom. The number of hydrogen-bond acceptors (Lipinski definition) is 3. The summed E-state index contributed by atoms with van der Waals surface area (Å²) in [5.74, 6) is -1.45. The summed E-state index contributed by atoms with van der Waals surface area (Å²) in [4.78, 5) is 23.8. The molecule has 0 saturated carbocycles. The van der Waals surface area contributed by atoms with E-state index in [9.17, 15) is 14.7 Å². The first kappa shape index (κ1) is 20.0. The molecule has 0 aliphatic carbocycles. The smallest absolute Gasteiger partial charge is 0.337 e. The lowest BCUT2D eigenvalue weighted by Gasteiger charge is -2.12. The highest BCUT2D eigenvalue weighted by Gasteiger charge is 2.13. The van der Waals surface area contributed by atoms with Gasteiger partial charge in [-0.15, -0.1) is 0 Å². The zero-order valence-corrected chi connectivity index (χ0v) is 17.5. The molecule has 0 fully saturated rings. The first-order chi connectivity index (χ1) is 13.4. The van der Waals surface area contributed by atoms with Gasteiger partial charge in [-0.2, -0.15) is 0 Å². The van der Waals surface area contributed by atoms with Gasteiger partial charge in [-0.05, 0) is 76.3 Å². The van der Waals surface area contributed by atoms with E-state index in [1.165, 1.54) is 6.07 Å². The van der Waals surface area contributed by atoms with Crippen molar-refractivity contribution >= 4 is 57.5 Å². The molecular formula is C21H15IN2O3S. The summed E-state index contributed by atoms with van der Waals surface area (Å²) >= 11 is 7.19. The number of carboxylic acids is 1. The highest BCUT2D eigenvalue weighted by Crippen LogP contribution is 2.20. The molecule has 3 aromatic carbocycles. The molecule has 1 amide bonds. The van der Waals surface area contributed by atoms with E-state index < -0.39 is 5.97 Å². The molecule has 0 radical (unpaired) electrons. The first-order valence-electron chi connectivity index (χ1n) is 8.25. The van der Waals surface area contributed by atoms with Crippen molar-refractivity contribution in [2.24, 2.45) is 0 Å². The van der Waals surface area contributed by atoms with Crippen LogP contribution in [0, 0.1) is 3.57 Å². The first-order valence-corrected chi connectivity index (χ1v) is 9.73. The van der Waals surface area contributed by atoms with Gasteiger partial charge in [0.2, 0.25) is 0 Å². The Hall–Kier alpha value is -2.78. The molecule has 0 bridgehead atoms. The number of nitrogens with one attached hydrogen (secondary N) is 2. The Morgan fingerprint density at radius 3 is 2.18 bits per heavy atom. The number of aromatic carboxylic acids is 1. The second-order valence-electron chi connectivity index (χ2n) is 5.85. The van der Waals surface area contributed by atoms with Crippen LogP contribution in [0.25, 0.3) is 11.1 Å². The maximum Gasteiger partial charge on any atom is 0.337 e. The van der Waals surface area contributed by atoms with Crippen molar-refractivity contribution in [2.75, 3.05) is 5.32 Å². The number of thiocarbonyl (C=S) groups is 1. The molecular weight excluding hydrogens is 487 g/mol. The van der Waals surface area contributed by atoms with Crippen LogP contribution < -0.4 is 10.6 Å². The lowest BCUT2D eigenvalue weighted by atomic mass is 10.0. The fraction of sp³-hybridized carbons (Fsp3) is 0. The van der Waals surface area contributed by atoms with E-state index in [-0.39, 0.29) is 16.6 Å². The van der Waals surface area contributed by atoms with Crippen LogP contribution in [0.3, 0.4) is 0 Å². The van der Waals surface area contributed by atoms with Crippen molar-refractivity contribution in [3.63, 3.8) is 0 Å². The van der Waals surface area contributed by atoms with E-state index in [2.05, 4.69) is 10.6 Å². The number of halogens is 1. The van der Waals surface area contributed by atoms with Crippen LogP contribution >= 0.6 is 34.8 Å². The summed E-state index contributed by atoms with van der Waals surface area (Å²) in [5, 5.41) is 14.7. The average molecular weight is 502 g/mol. The van der Waals surface area contributed by atoms with Gasteiger partial charge in [-0.3, -0.25) is 10.1 Å². The molecule has 0 aliphatic heterocycles. The largest absolute Gasteiger partial charge is 0.478 e. The Labute approximate surface area is 180 Å². The lowest BCUT2D eigenvalue weighted by molar-refractivity contribution is 0.0697. The molecule has 28 heavy (non-hydrogen) atoms. The number of benzene rings is 3. The molecule has 3 aromatic rings. The van der Waals surface area contributed by atoms with Gasteiger partial charge in [0, 0.05) is 9.13 Å². The van der Waals surface area contributed by atoms with E-state index >= 15 is 0 Å². The van der Waals surface area contributed by atoms with Gasteiger partial charge in [0.1, 0.15) is 0 Å². The number of anilines is 1. The minimum absolute atomic E-state index is 0.0286. The van der Waals surface area contributed by atoms with Crippen molar-refractivity contribution in [2.45, 2.75) is 0 Å². The van der Waals surface area contributed by atoms with Gasteiger partial charge < -0.3 is 10.4 Å². The minimum atomic E-state index is -1.08. The van der Waals surface area contributed by atoms with Crippen LogP contribution in [0.4, 0.5) is 5.69 Å². The SMILES string of the molecule is O=C(NC(=S)Nc1ccc(I)cc1C(=O)O)c1ccc(-c2ccccc2)cc1. The molecule has 0 aliphatic rings. The number of amides is 1. The minimum Gasteiger partial charge on any atom is -0.478 e. The van der Waals surface area contributed by atoms with Crippen LogP contribution in [-0.4, -0.2) is 22.1 Å². The van der Waals surface area contributed by atoms with Crippen molar-refractivity contribution in [1.82, 2.24) is 5.32 Å². The quantitative estimate of drug-likeness (QED) is 0.354. The van der Waals surface area contributed by atoms with E-state index in [1.807, 2.05) is 65.1 Å². The normalized spacial score (nSPS) is 10.2. The topological polar surface area (TPSA) is 78.4 Å². The molecule has 0 aromatic heterocycles. The lowest BCUT2D eigenvalue weighted by Crippen LogP contribution is -2.34. The van der Waals surface area contributed by atoms with Gasteiger partial charge in [-0.25, -0.2) is 4.79 Å². The monoisotopic (exact) mass is 502 g/mol. The molecule has 3 N–H and O–H groups in total.